The van der Waals surface area contributed by atoms with Crippen LogP contribution in [0, 0.1) is 0 Å². The summed E-state index contributed by atoms with van der Waals surface area (Å²) in [5, 5.41) is 9.81. The first-order valence-corrected chi connectivity index (χ1v) is 7.94. The monoisotopic (exact) mass is 293 g/mol. The highest BCUT2D eigenvalue weighted by Gasteiger charge is 2.18. The second kappa shape index (κ2) is 7.45. The van der Waals surface area contributed by atoms with Crippen LogP contribution in [-0.4, -0.2) is 47.2 Å². The highest BCUT2D eigenvalue weighted by Crippen LogP contribution is 2.21. The van der Waals surface area contributed by atoms with Crippen molar-refractivity contribution in [2.75, 3.05) is 31.9 Å². The molecule has 21 heavy (non-hydrogen) atoms. The highest BCUT2D eigenvalue weighted by molar-refractivity contribution is 5.97. The predicted molar refractivity (Wildman–Crippen MR) is 84.3 cm³/mol. The molecule has 0 saturated carbocycles. The lowest BCUT2D eigenvalue weighted by Gasteiger charge is -2.19. The van der Waals surface area contributed by atoms with E-state index < -0.39 is 0 Å². The normalized spacial score (nSPS) is 16.9. The van der Waals surface area contributed by atoms with Crippen molar-refractivity contribution in [3.63, 3.8) is 0 Å². The van der Waals surface area contributed by atoms with Gasteiger partial charge in [0.05, 0.1) is 11.4 Å². The molecule has 0 atom stereocenters. The summed E-state index contributed by atoms with van der Waals surface area (Å²) in [4.78, 5) is 14.5. The summed E-state index contributed by atoms with van der Waals surface area (Å²) >= 11 is 0. The molecule has 0 bridgehead atoms. The van der Waals surface area contributed by atoms with Gasteiger partial charge in [0.25, 0.3) is 5.91 Å². The van der Waals surface area contributed by atoms with Gasteiger partial charge in [-0.1, -0.05) is 26.7 Å². The van der Waals surface area contributed by atoms with Crippen LogP contribution in [0.2, 0.25) is 0 Å². The Bertz CT molecular complexity index is 461. The van der Waals surface area contributed by atoms with Gasteiger partial charge in [-0.25, -0.2) is 0 Å². The number of anilines is 1. The molecule has 1 amide bonds. The Morgan fingerprint density at radius 2 is 2.00 bits per heavy atom. The molecule has 0 spiro atoms. The van der Waals surface area contributed by atoms with Gasteiger partial charge in [-0.05, 0) is 31.8 Å². The lowest BCUT2D eigenvalue weighted by molar-refractivity contribution is 0.0944. The van der Waals surface area contributed by atoms with Gasteiger partial charge >= 0.3 is 0 Å². The number of carbonyl (C=O) groups is 1. The Balaban J connectivity index is 1.81. The van der Waals surface area contributed by atoms with E-state index in [9.17, 15) is 4.79 Å². The zero-order valence-electron chi connectivity index (χ0n) is 13.1. The Hall–Kier alpha value is -1.56. The summed E-state index contributed by atoms with van der Waals surface area (Å²) in [6.07, 6.45) is 5.17. The third kappa shape index (κ3) is 4.20. The van der Waals surface area contributed by atoms with E-state index in [1.807, 2.05) is 13.8 Å². The Morgan fingerprint density at radius 3 is 2.57 bits per heavy atom. The molecular weight excluding hydrogens is 266 g/mol. The third-order valence-electron chi connectivity index (χ3n) is 4.04. The topological polar surface area (TPSA) is 87.0 Å². The van der Waals surface area contributed by atoms with E-state index in [4.69, 9.17) is 5.73 Å². The molecule has 4 N–H and O–H groups in total. The van der Waals surface area contributed by atoms with Crippen molar-refractivity contribution in [2.45, 2.75) is 45.4 Å². The summed E-state index contributed by atoms with van der Waals surface area (Å²) in [6, 6.07) is 0. The van der Waals surface area contributed by atoms with E-state index in [1.54, 1.807) is 0 Å². The molecule has 6 nitrogen and oxygen atoms in total. The van der Waals surface area contributed by atoms with Crippen LogP contribution in [0.15, 0.2) is 0 Å². The van der Waals surface area contributed by atoms with Crippen LogP contribution in [0.1, 0.15) is 61.6 Å². The molecule has 1 aromatic rings. The molecule has 1 saturated heterocycles. The fourth-order valence-electron chi connectivity index (χ4n) is 2.75. The van der Waals surface area contributed by atoms with Gasteiger partial charge in [0, 0.05) is 13.1 Å². The van der Waals surface area contributed by atoms with Crippen LogP contribution in [0.25, 0.3) is 0 Å². The summed E-state index contributed by atoms with van der Waals surface area (Å²) in [5.41, 5.74) is 7.59. The van der Waals surface area contributed by atoms with Crippen molar-refractivity contribution in [2.24, 2.45) is 0 Å². The Morgan fingerprint density at radius 1 is 1.33 bits per heavy atom. The number of nitrogens with two attached hydrogens (primary N) is 1. The molecular formula is C15H27N5O. The van der Waals surface area contributed by atoms with Gasteiger partial charge < -0.3 is 16.0 Å². The summed E-state index contributed by atoms with van der Waals surface area (Å²) in [7, 11) is 0. The number of likely N-dealkylation sites (tertiary alicyclic amines) is 1. The zero-order valence-corrected chi connectivity index (χ0v) is 13.1. The third-order valence-corrected chi connectivity index (χ3v) is 4.04. The number of rotatable bonds is 5. The highest BCUT2D eigenvalue weighted by atomic mass is 16.1. The Labute approximate surface area is 126 Å². The first-order valence-electron chi connectivity index (χ1n) is 7.94. The van der Waals surface area contributed by atoms with Crippen LogP contribution in [0.5, 0.6) is 0 Å². The number of amides is 1. The zero-order chi connectivity index (χ0) is 15.2. The van der Waals surface area contributed by atoms with Crippen molar-refractivity contribution in [3.05, 3.63) is 11.4 Å². The average Bonchev–Trinajstić information content (AvgIpc) is 2.67. The number of hydrogen-bond acceptors (Lipinski definition) is 4. The number of aromatic amines is 1. The fraction of sp³-hybridized carbons (Fsp3) is 0.733. The van der Waals surface area contributed by atoms with Crippen molar-refractivity contribution in [1.29, 1.82) is 0 Å². The summed E-state index contributed by atoms with van der Waals surface area (Å²) in [5.74, 6) is 0.0432. The number of nitrogens with zero attached hydrogens (tertiary/aromatic N) is 2. The van der Waals surface area contributed by atoms with Crippen LogP contribution < -0.4 is 11.1 Å². The van der Waals surface area contributed by atoms with Gasteiger partial charge in [-0.3, -0.25) is 9.89 Å². The quantitative estimate of drug-likeness (QED) is 0.771. The fourth-order valence-corrected chi connectivity index (χ4v) is 2.75. The van der Waals surface area contributed by atoms with E-state index >= 15 is 0 Å². The van der Waals surface area contributed by atoms with E-state index in [2.05, 4.69) is 20.4 Å². The molecule has 6 heteroatoms. The Kier molecular flexibility index (Phi) is 5.61. The van der Waals surface area contributed by atoms with Gasteiger partial charge in [-0.15, -0.1) is 0 Å². The molecule has 0 aliphatic carbocycles. The maximum atomic E-state index is 12.1. The number of aromatic nitrogens is 2. The van der Waals surface area contributed by atoms with Gasteiger partial charge in [0.15, 0.2) is 5.69 Å². The molecule has 2 heterocycles. The van der Waals surface area contributed by atoms with Crippen molar-refractivity contribution in [1.82, 2.24) is 20.4 Å². The van der Waals surface area contributed by atoms with Crippen LogP contribution in [-0.2, 0) is 0 Å². The second-order valence-corrected chi connectivity index (χ2v) is 6.07. The van der Waals surface area contributed by atoms with E-state index in [1.165, 1.54) is 25.7 Å². The maximum absolute atomic E-state index is 12.1. The maximum Gasteiger partial charge on any atom is 0.273 e. The van der Waals surface area contributed by atoms with Crippen LogP contribution in [0.3, 0.4) is 0 Å². The second-order valence-electron chi connectivity index (χ2n) is 6.07. The largest absolute Gasteiger partial charge is 0.395 e. The van der Waals surface area contributed by atoms with Gasteiger partial charge in [0.2, 0.25) is 0 Å². The van der Waals surface area contributed by atoms with Crippen LogP contribution in [0.4, 0.5) is 5.69 Å². The number of carbonyl (C=O) groups excluding carboxylic acids is 1. The minimum Gasteiger partial charge on any atom is -0.395 e. The predicted octanol–water partition coefficient (Wildman–Crippen LogP) is 1.72. The standard InChI is InChI=1S/C15H27N5O/c1-11(2)13-12(16)14(19-18-13)15(21)17-7-10-20-8-5-3-4-6-9-20/h11H,3-10,16H2,1-2H3,(H,17,21)(H,18,19). The van der Waals surface area contributed by atoms with Crippen molar-refractivity contribution < 1.29 is 4.79 Å². The summed E-state index contributed by atoms with van der Waals surface area (Å²) < 4.78 is 0. The molecule has 0 unspecified atom stereocenters. The molecule has 118 valence electrons. The smallest absolute Gasteiger partial charge is 0.273 e. The molecule has 0 radical (unpaired) electrons. The van der Waals surface area contributed by atoms with E-state index in [-0.39, 0.29) is 11.8 Å². The van der Waals surface area contributed by atoms with Crippen molar-refractivity contribution in [3.8, 4) is 0 Å². The number of nitrogen functional groups attached to an aromatic ring is 1. The first kappa shape index (κ1) is 15.8. The molecule has 2 rings (SSSR count). The molecule has 0 aromatic carbocycles. The number of hydrogen-bond donors (Lipinski definition) is 3. The minimum absolute atomic E-state index is 0.189. The molecule has 1 aromatic heterocycles. The van der Waals surface area contributed by atoms with E-state index in [0.717, 1.165) is 25.3 Å². The van der Waals surface area contributed by atoms with Crippen molar-refractivity contribution >= 4 is 11.6 Å². The van der Waals surface area contributed by atoms with Gasteiger partial charge in [-0.2, -0.15) is 5.10 Å². The lowest BCUT2D eigenvalue weighted by atomic mass is 10.1. The van der Waals surface area contributed by atoms with E-state index in [0.29, 0.717) is 17.9 Å². The first-order chi connectivity index (χ1) is 10.1. The summed E-state index contributed by atoms with van der Waals surface area (Å²) in [6.45, 7) is 7.85. The number of nitrogens with one attached hydrogen (secondary N) is 2. The molecule has 1 aliphatic rings. The average molecular weight is 293 g/mol. The number of H-pyrrole nitrogens is 1. The lowest BCUT2D eigenvalue weighted by Crippen LogP contribution is -2.35. The SMILES string of the molecule is CC(C)c1[nH]nc(C(=O)NCCN2CCCCCC2)c1N. The minimum atomic E-state index is -0.189. The van der Waals surface area contributed by atoms with Gasteiger partial charge in [0.1, 0.15) is 0 Å². The molecule has 1 aliphatic heterocycles. The molecule has 1 fully saturated rings. The van der Waals surface area contributed by atoms with Crippen LogP contribution >= 0.6 is 0 Å².